The molecule has 2 aromatic rings. The first kappa shape index (κ1) is 23.3. The molecule has 1 aliphatic rings. The van der Waals surface area contributed by atoms with Gasteiger partial charge in [0.25, 0.3) is 5.91 Å². The fourth-order valence-corrected chi connectivity index (χ4v) is 3.97. The van der Waals surface area contributed by atoms with Gasteiger partial charge in [0.15, 0.2) is 0 Å². The quantitative estimate of drug-likeness (QED) is 0.552. The molecule has 0 spiro atoms. The number of anilines is 1. The van der Waals surface area contributed by atoms with E-state index in [2.05, 4.69) is 21.9 Å². The first-order valence-corrected chi connectivity index (χ1v) is 10.7. The van der Waals surface area contributed by atoms with Gasteiger partial charge in [0.2, 0.25) is 0 Å². The van der Waals surface area contributed by atoms with Crippen molar-refractivity contribution in [2.75, 3.05) is 5.32 Å². The number of nitrogens with one attached hydrogen (secondary N) is 1. The summed E-state index contributed by atoms with van der Waals surface area (Å²) in [5.41, 5.74) is 8.92. The van der Waals surface area contributed by atoms with Gasteiger partial charge in [-0.25, -0.2) is 9.37 Å². The van der Waals surface area contributed by atoms with Gasteiger partial charge in [0.1, 0.15) is 11.5 Å². The second kappa shape index (κ2) is 10.8. The maximum Gasteiger partial charge on any atom is 0.274 e. The molecule has 3 rings (SSSR count). The Morgan fingerprint density at radius 2 is 2.06 bits per heavy atom. The smallest absolute Gasteiger partial charge is 0.274 e. The third-order valence-corrected chi connectivity index (χ3v) is 5.70. The molecule has 0 atom stereocenters. The highest BCUT2D eigenvalue weighted by molar-refractivity contribution is 6.03. The monoisotopic (exact) mass is 436 g/mol. The Hall–Kier alpha value is -3.32. The highest BCUT2D eigenvalue weighted by Crippen LogP contribution is 2.36. The molecule has 0 aliphatic heterocycles. The molecule has 0 unspecified atom stereocenters. The fourth-order valence-electron chi connectivity index (χ4n) is 3.97. The number of nitrogens with two attached hydrogens (primary N) is 1. The normalized spacial score (nSPS) is 19.8. The maximum absolute atomic E-state index is 14.0. The second-order valence-electron chi connectivity index (χ2n) is 7.98. The number of pyridine rings is 2. The summed E-state index contributed by atoms with van der Waals surface area (Å²) in [6.07, 6.45) is 9.49. The summed E-state index contributed by atoms with van der Waals surface area (Å²) < 4.78 is 14.0. The van der Waals surface area contributed by atoms with Crippen molar-refractivity contribution in [1.29, 1.82) is 0 Å². The van der Waals surface area contributed by atoms with Crippen molar-refractivity contribution in [1.82, 2.24) is 9.97 Å². The van der Waals surface area contributed by atoms with Gasteiger partial charge >= 0.3 is 0 Å². The minimum atomic E-state index is -0.408. The van der Waals surface area contributed by atoms with Crippen LogP contribution < -0.4 is 11.1 Å². The van der Waals surface area contributed by atoms with Gasteiger partial charge in [0.05, 0.1) is 18.0 Å². The van der Waals surface area contributed by atoms with Crippen molar-refractivity contribution in [3.63, 3.8) is 0 Å². The molecule has 2 heterocycles. The zero-order valence-corrected chi connectivity index (χ0v) is 18.2. The largest absolute Gasteiger partial charge is 0.398 e. The van der Waals surface area contributed by atoms with Crippen LogP contribution in [0.4, 0.5) is 10.1 Å². The van der Waals surface area contributed by atoms with Crippen molar-refractivity contribution in [3.05, 3.63) is 89.4 Å². The standard InChI is InChI=1S/C25H29FN4O2/c1-3-5-22(27)21(16(2)26)14-18-6-4-7-23(29-18)25(32)30-24-15-28-13-12-20(24)17-8-10-19(31)11-9-17/h3-7,12-13,15,17,19,31H,1,8-11,14,27H2,2H3,(H,30,32)/b21-16+,22-5+. The summed E-state index contributed by atoms with van der Waals surface area (Å²) in [7, 11) is 0. The Bertz CT molecular complexity index is 1040. The lowest BCUT2D eigenvalue weighted by molar-refractivity contribution is 0.102. The summed E-state index contributed by atoms with van der Waals surface area (Å²) in [5.74, 6) is -0.514. The van der Waals surface area contributed by atoms with Crippen molar-refractivity contribution >= 4 is 11.6 Å². The Labute approximate surface area is 187 Å². The Kier molecular flexibility index (Phi) is 7.89. The minimum absolute atomic E-state index is 0.155. The van der Waals surface area contributed by atoms with Crippen LogP contribution in [0.5, 0.6) is 0 Å². The summed E-state index contributed by atoms with van der Waals surface area (Å²) in [6.45, 7) is 4.92. The van der Waals surface area contributed by atoms with Gasteiger partial charge in [-0.15, -0.1) is 0 Å². The van der Waals surface area contributed by atoms with Gasteiger partial charge in [-0.05, 0) is 68.4 Å². The number of allylic oxidation sites excluding steroid dienone is 4. The van der Waals surface area contributed by atoms with E-state index in [-0.39, 0.29) is 35.7 Å². The predicted octanol–water partition coefficient (Wildman–Crippen LogP) is 4.56. The third-order valence-electron chi connectivity index (χ3n) is 5.70. The molecule has 32 heavy (non-hydrogen) atoms. The van der Waals surface area contributed by atoms with Crippen LogP contribution in [0.15, 0.2) is 72.5 Å². The molecule has 168 valence electrons. The molecule has 1 aliphatic carbocycles. The molecule has 4 N–H and O–H groups in total. The van der Waals surface area contributed by atoms with Crippen molar-refractivity contribution in [2.24, 2.45) is 5.73 Å². The summed E-state index contributed by atoms with van der Waals surface area (Å²) in [5, 5.41) is 12.7. The van der Waals surface area contributed by atoms with Gasteiger partial charge < -0.3 is 16.2 Å². The minimum Gasteiger partial charge on any atom is -0.398 e. The van der Waals surface area contributed by atoms with E-state index in [0.717, 1.165) is 31.2 Å². The van der Waals surface area contributed by atoms with E-state index < -0.39 is 5.83 Å². The van der Waals surface area contributed by atoms with E-state index in [1.54, 1.807) is 30.6 Å². The van der Waals surface area contributed by atoms with E-state index in [0.29, 0.717) is 17.0 Å². The second-order valence-corrected chi connectivity index (χ2v) is 7.98. The molecule has 1 fully saturated rings. The van der Waals surface area contributed by atoms with Crippen LogP contribution in [0.25, 0.3) is 0 Å². The summed E-state index contributed by atoms with van der Waals surface area (Å²) in [4.78, 5) is 21.5. The van der Waals surface area contributed by atoms with E-state index in [1.165, 1.54) is 19.1 Å². The fraction of sp³-hybridized carbons (Fsp3) is 0.320. The maximum atomic E-state index is 14.0. The number of nitrogens with zero attached hydrogens (tertiary/aromatic N) is 2. The number of amides is 1. The molecular formula is C25H29FN4O2. The highest BCUT2D eigenvalue weighted by atomic mass is 19.1. The average Bonchev–Trinajstić information content (AvgIpc) is 2.78. The van der Waals surface area contributed by atoms with Crippen LogP contribution >= 0.6 is 0 Å². The molecule has 0 aromatic carbocycles. The van der Waals surface area contributed by atoms with E-state index in [1.807, 2.05) is 6.07 Å². The van der Waals surface area contributed by atoms with Gasteiger partial charge in [-0.3, -0.25) is 9.78 Å². The topological polar surface area (TPSA) is 101 Å². The van der Waals surface area contributed by atoms with Crippen LogP contribution in [0.3, 0.4) is 0 Å². The Morgan fingerprint density at radius 3 is 2.75 bits per heavy atom. The molecule has 0 saturated heterocycles. The van der Waals surface area contributed by atoms with Crippen LogP contribution in [-0.2, 0) is 6.42 Å². The van der Waals surface area contributed by atoms with Crippen LogP contribution in [-0.4, -0.2) is 27.1 Å². The lowest BCUT2D eigenvalue weighted by atomic mass is 9.82. The van der Waals surface area contributed by atoms with Gasteiger partial charge in [-0.1, -0.05) is 18.7 Å². The summed E-state index contributed by atoms with van der Waals surface area (Å²) in [6, 6.07) is 6.96. The van der Waals surface area contributed by atoms with Gasteiger partial charge in [0, 0.05) is 29.6 Å². The Morgan fingerprint density at radius 1 is 1.31 bits per heavy atom. The number of hydrogen-bond donors (Lipinski definition) is 3. The first-order valence-electron chi connectivity index (χ1n) is 10.7. The summed E-state index contributed by atoms with van der Waals surface area (Å²) >= 11 is 0. The number of hydrogen-bond acceptors (Lipinski definition) is 5. The molecule has 6 nitrogen and oxygen atoms in total. The van der Waals surface area contributed by atoms with E-state index in [4.69, 9.17) is 5.73 Å². The lowest BCUT2D eigenvalue weighted by Gasteiger charge is -2.27. The number of aliphatic hydroxyl groups is 1. The molecular weight excluding hydrogens is 407 g/mol. The van der Waals surface area contributed by atoms with E-state index >= 15 is 0 Å². The number of aromatic nitrogens is 2. The van der Waals surface area contributed by atoms with E-state index in [9.17, 15) is 14.3 Å². The number of aliphatic hydroxyl groups excluding tert-OH is 1. The highest BCUT2D eigenvalue weighted by Gasteiger charge is 2.23. The first-order chi connectivity index (χ1) is 15.4. The molecule has 2 aromatic heterocycles. The van der Waals surface area contributed by atoms with Crippen LogP contribution in [0.1, 0.15) is 60.3 Å². The zero-order chi connectivity index (χ0) is 23.1. The van der Waals surface area contributed by atoms with Crippen LogP contribution in [0.2, 0.25) is 0 Å². The predicted molar refractivity (Wildman–Crippen MR) is 124 cm³/mol. The molecule has 0 radical (unpaired) electrons. The number of halogens is 1. The zero-order valence-electron chi connectivity index (χ0n) is 18.2. The van der Waals surface area contributed by atoms with Crippen molar-refractivity contribution in [2.45, 2.75) is 51.0 Å². The number of rotatable bonds is 7. The average molecular weight is 437 g/mol. The van der Waals surface area contributed by atoms with Crippen molar-refractivity contribution < 1.29 is 14.3 Å². The van der Waals surface area contributed by atoms with Crippen LogP contribution in [0, 0.1) is 0 Å². The number of carbonyl (C=O) groups excluding carboxylic acids is 1. The SMILES string of the molecule is C=C/C=C(N)\C(Cc1cccc(C(=O)Nc2cnccc2C2CCC(O)CC2)n1)=C(/C)F. The lowest BCUT2D eigenvalue weighted by Crippen LogP contribution is -2.20. The van der Waals surface area contributed by atoms with Gasteiger partial charge in [-0.2, -0.15) is 0 Å². The Balaban J connectivity index is 1.78. The third kappa shape index (κ3) is 5.88. The van der Waals surface area contributed by atoms with Crippen molar-refractivity contribution in [3.8, 4) is 0 Å². The molecule has 0 bridgehead atoms. The molecule has 7 heteroatoms. The molecule has 1 saturated carbocycles. The molecule has 1 amide bonds. The number of carbonyl (C=O) groups is 1.